The molecule has 0 amide bonds. The van der Waals surface area contributed by atoms with Crippen LogP contribution in [0.2, 0.25) is 0 Å². The van der Waals surface area contributed by atoms with Crippen LogP contribution in [0.3, 0.4) is 0 Å². The fourth-order valence-corrected chi connectivity index (χ4v) is 2.40. The van der Waals surface area contributed by atoms with E-state index in [1.165, 1.54) is 25.7 Å². The molecule has 0 aromatic heterocycles. The molecule has 0 aliphatic heterocycles. The molecule has 0 radical (unpaired) electrons. The minimum atomic E-state index is 0.767. The molecule has 1 N–H and O–H groups in total. The Balaban J connectivity index is 2.18. The Morgan fingerprint density at radius 3 is 2.86 bits per heavy atom. The van der Waals surface area contributed by atoms with E-state index in [4.69, 9.17) is 0 Å². The highest BCUT2D eigenvalue weighted by Gasteiger charge is 2.25. The first-order chi connectivity index (χ1) is 6.75. The zero-order valence-electron chi connectivity index (χ0n) is 9.76. The van der Waals surface area contributed by atoms with Crippen LogP contribution in [0.4, 0.5) is 0 Å². The Hall–Kier alpha value is -0.300. The molecule has 3 atom stereocenters. The van der Waals surface area contributed by atoms with Crippen LogP contribution in [0.1, 0.15) is 46.0 Å². The molecule has 1 saturated carbocycles. The van der Waals surface area contributed by atoms with Crippen LogP contribution < -0.4 is 5.32 Å². The summed E-state index contributed by atoms with van der Waals surface area (Å²) < 4.78 is 0. The SMILES string of the molecule is C=CCCCNC1CCCC(C)C1C. The first-order valence-corrected chi connectivity index (χ1v) is 6.10. The second-order valence-electron chi connectivity index (χ2n) is 4.76. The van der Waals surface area contributed by atoms with Crippen LogP contribution in [0.5, 0.6) is 0 Å². The van der Waals surface area contributed by atoms with Gasteiger partial charge in [-0.3, -0.25) is 0 Å². The fourth-order valence-electron chi connectivity index (χ4n) is 2.40. The highest BCUT2D eigenvalue weighted by Crippen LogP contribution is 2.29. The molecule has 1 heteroatoms. The van der Waals surface area contributed by atoms with Gasteiger partial charge in [0.15, 0.2) is 0 Å². The number of hydrogen-bond acceptors (Lipinski definition) is 1. The Bertz CT molecular complexity index is 165. The maximum atomic E-state index is 3.74. The summed E-state index contributed by atoms with van der Waals surface area (Å²) in [4.78, 5) is 0. The molecule has 0 bridgehead atoms. The average molecular weight is 195 g/mol. The molecular weight excluding hydrogens is 170 g/mol. The second-order valence-corrected chi connectivity index (χ2v) is 4.76. The Morgan fingerprint density at radius 2 is 2.14 bits per heavy atom. The minimum Gasteiger partial charge on any atom is -0.314 e. The molecule has 1 rings (SSSR count). The topological polar surface area (TPSA) is 12.0 Å². The number of unbranched alkanes of at least 4 members (excludes halogenated alkanes) is 1. The third-order valence-corrected chi connectivity index (χ3v) is 3.70. The summed E-state index contributed by atoms with van der Waals surface area (Å²) in [7, 11) is 0. The van der Waals surface area contributed by atoms with Crippen molar-refractivity contribution in [1.29, 1.82) is 0 Å². The monoisotopic (exact) mass is 195 g/mol. The highest BCUT2D eigenvalue weighted by atomic mass is 14.9. The summed E-state index contributed by atoms with van der Waals surface area (Å²) in [5.74, 6) is 1.76. The van der Waals surface area contributed by atoms with E-state index in [-0.39, 0.29) is 0 Å². The first-order valence-electron chi connectivity index (χ1n) is 6.10. The van der Waals surface area contributed by atoms with Crippen LogP contribution in [-0.4, -0.2) is 12.6 Å². The number of nitrogens with one attached hydrogen (secondary N) is 1. The minimum absolute atomic E-state index is 0.767. The molecule has 0 heterocycles. The number of rotatable bonds is 5. The van der Waals surface area contributed by atoms with Gasteiger partial charge in [-0.2, -0.15) is 0 Å². The third-order valence-electron chi connectivity index (χ3n) is 3.70. The van der Waals surface area contributed by atoms with Crippen molar-refractivity contribution in [2.75, 3.05) is 6.54 Å². The molecule has 1 aliphatic rings. The van der Waals surface area contributed by atoms with Gasteiger partial charge in [0.25, 0.3) is 0 Å². The molecule has 82 valence electrons. The molecule has 0 aromatic carbocycles. The normalized spacial score (nSPS) is 32.9. The van der Waals surface area contributed by atoms with Gasteiger partial charge in [-0.05, 0) is 37.6 Å². The smallest absolute Gasteiger partial charge is 0.00952 e. The van der Waals surface area contributed by atoms with Crippen LogP contribution in [0, 0.1) is 11.8 Å². The lowest BCUT2D eigenvalue weighted by atomic mass is 9.78. The van der Waals surface area contributed by atoms with Gasteiger partial charge in [0.2, 0.25) is 0 Å². The van der Waals surface area contributed by atoms with E-state index < -0.39 is 0 Å². The van der Waals surface area contributed by atoms with Crippen molar-refractivity contribution in [1.82, 2.24) is 5.32 Å². The molecular formula is C13H25N. The molecule has 1 aliphatic carbocycles. The fraction of sp³-hybridized carbons (Fsp3) is 0.846. The van der Waals surface area contributed by atoms with Crippen molar-refractivity contribution in [2.45, 2.75) is 52.0 Å². The van der Waals surface area contributed by atoms with E-state index in [9.17, 15) is 0 Å². The van der Waals surface area contributed by atoms with Crippen molar-refractivity contribution in [3.63, 3.8) is 0 Å². The van der Waals surface area contributed by atoms with Crippen molar-refractivity contribution in [2.24, 2.45) is 11.8 Å². The molecule has 0 spiro atoms. The van der Waals surface area contributed by atoms with E-state index in [1.54, 1.807) is 0 Å². The van der Waals surface area contributed by atoms with Crippen molar-refractivity contribution < 1.29 is 0 Å². The van der Waals surface area contributed by atoms with Crippen molar-refractivity contribution in [3.05, 3.63) is 12.7 Å². The lowest BCUT2D eigenvalue weighted by Crippen LogP contribution is -2.40. The third kappa shape index (κ3) is 3.45. The van der Waals surface area contributed by atoms with E-state index in [2.05, 4.69) is 25.7 Å². The second kappa shape index (κ2) is 6.23. The molecule has 0 saturated heterocycles. The predicted molar refractivity (Wildman–Crippen MR) is 63.4 cm³/mol. The Labute approximate surface area is 89.0 Å². The molecule has 3 unspecified atom stereocenters. The maximum absolute atomic E-state index is 3.74. The summed E-state index contributed by atoms with van der Waals surface area (Å²) in [6.07, 6.45) is 8.59. The maximum Gasteiger partial charge on any atom is 0.00952 e. The predicted octanol–water partition coefficient (Wildman–Crippen LogP) is 3.37. The molecule has 1 nitrogen and oxygen atoms in total. The van der Waals surface area contributed by atoms with E-state index in [1.807, 2.05) is 6.08 Å². The Morgan fingerprint density at radius 1 is 1.36 bits per heavy atom. The van der Waals surface area contributed by atoms with Gasteiger partial charge in [0, 0.05) is 6.04 Å². The van der Waals surface area contributed by atoms with Crippen LogP contribution >= 0.6 is 0 Å². The summed E-state index contributed by atoms with van der Waals surface area (Å²) in [5, 5.41) is 3.69. The van der Waals surface area contributed by atoms with Crippen molar-refractivity contribution in [3.8, 4) is 0 Å². The molecule has 14 heavy (non-hydrogen) atoms. The number of hydrogen-bond donors (Lipinski definition) is 1. The van der Waals surface area contributed by atoms with E-state index in [0.717, 1.165) is 30.8 Å². The van der Waals surface area contributed by atoms with Gasteiger partial charge < -0.3 is 5.32 Å². The van der Waals surface area contributed by atoms with Crippen LogP contribution in [0.25, 0.3) is 0 Å². The van der Waals surface area contributed by atoms with E-state index >= 15 is 0 Å². The van der Waals surface area contributed by atoms with Crippen LogP contribution in [-0.2, 0) is 0 Å². The van der Waals surface area contributed by atoms with E-state index in [0.29, 0.717) is 0 Å². The average Bonchev–Trinajstić information content (AvgIpc) is 2.19. The highest BCUT2D eigenvalue weighted by molar-refractivity contribution is 4.82. The summed E-state index contributed by atoms with van der Waals surface area (Å²) in [6, 6.07) is 0.767. The zero-order valence-corrected chi connectivity index (χ0v) is 9.76. The van der Waals surface area contributed by atoms with Gasteiger partial charge in [-0.25, -0.2) is 0 Å². The van der Waals surface area contributed by atoms with Gasteiger partial charge in [0.05, 0.1) is 0 Å². The summed E-state index contributed by atoms with van der Waals surface area (Å²) in [6.45, 7) is 9.69. The lowest BCUT2D eigenvalue weighted by molar-refractivity contribution is 0.207. The van der Waals surface area contributed by atoms with Crippen molar-refractivity contribution >= 4 is 0 Å². The van der Waals surface area contributed by atoms with Crippen LogP contribution in [0.15, 0.2) is 12.7 Å². The first kappa shape index (κ1) is 11.8. The summed E-state index contributed by atoms with van der Waals surface area (Å²) >= 11 is 0. The Kier molecular flexibility index (Phi) is 5.24. The largest absolute Gasteiger partial charge is 0.314 e. The molecule has 1 fully saturated rings. The van der Waals surface area contributed by atoms with Gasteiger partial charge >= 0.3 is 0 Å². The lowest BCUT2D eigenvalue weighted by Gasteiger charge is -2.34. The zero-order chi connectivity index (χ0) is 10.4. The van der Waals surface area contributed by atoms with Gasteiger partial charge in [-0.15, -0.1) is 6.58 Å². The summed E-state index contributed by atoms with van der Waals surface area (Å²) in [5.41, 5.74) is 0. The number of allylic oxidation sites excluding steroid dienone is 1. The van der Waals surface area contributed by atoms with Gasteiger partial charge in [0.1, 0.15) is 0 Å². The van der Waals surface area contributed by atoms with Gasteiger partial charge in [-0.1, -0.05) is 32.8 Å². The molecule has 0 aromatic rings. The quantitative estimate of drug-likeness (QED) is 0.524. The standard InChI is InChI=1S/C13H25N/c1-4-5-6-10-14-13-9-7-8-11(2)12(13)3/h4,11-14H,1,5-10H2,2-3H3.